The number of halogens is 1. The van der Waals surface area contributed by atoms with Crippen LogP contribution in [-0.2, 0) is 0 Å². The van der Waals surface area contributed by atoms with E-state index in [1.54, 1.807) is 12.1 Å². The van der Waals surface area contributed by atoms with Crippen molar-refractivity contribution in [2.45, 2.75) is 51.0 Å². The number of phenols is 1. The molecule has 30 heavy (non-hydrogen) atoms. The Hall–Kier alpha value is -2.32. The molecule has 0 bridgehead atoms. The first-order chi connectivity index (χ1) is 14.5. The van der Waals surface area contributed by atoms with Gasteiger partial charge in [0.2, 0.25) is 17.8 Å². The molecule has 0 atom stereocenters. The summed E-state index contributed by atoms with van der Waals surface area (Å²) in [4.78, 5) is 15.8. The number of hydrogen-bond acceptors (Lipinski definition) is 8. The zero-order valence-corrected chi connectivity index (χ0v) is 18.5. The van der Waals surface area contributed by atoms with Gasteiger partial charge in [-0.1, -0.05) is 37.3 Å². The fraction of sp³-hybridized carbons (Fsp3) is 0.571. The molecule has 4 N–H and O–H groups in total. The van der Waals surface area contributed by atoms with Crippen LogP contribution in [0.2, 0.25) is 5.02 Å². The summed E-state index contributed by atoms with van der Waals surface area (Å²) in [6.45, 7) is 1.76. The number of anilines is 4. The molecule has 0 saturated heterocycles. The van der Waals surface area contributed by atoms with Gasteiger partial charge in [0.15, 0.2) is 0 Å². The molecule has 0 spiro atoms. The maximum atomic E-state index is 9.64. The van der Waals surface area contributed by atoms with Crippen LogP contribution in [0.1, 0.15) is 44.9 Å². The van der Waals surface area contributed by atoms with E-state index in [1.165, 1.54) is 31.7 Å². The van der Waals surface area contributed by atoms with Crippen molar-refractivity contribution in [2.24, 2.45) is 0 Å². The Labute approximate surface area is 183 Å². The van der Waals surface area contributed by atoms with Crippen molar-refractivity contribution in [3.8, 4) is 5.75 Å². The Morgan fingerprint density at radius 1 is 1.03 bits per heavy atom. The standard InChI is InChI=1S/C21H32ClN7O/c1-29(2)13-7-12-23-19-26-20(24-15-8-5-3-4-6-9-15)28-21(27-19)25-16-10-11-18(30)17(22)14-16/h10-11,14-15,30H,3-9,12-13H2,1-2H3,(H3,23,24,25,26,27,28). The highest BCUT2D eigenvalue weighted by atomic mass is 35.5. The molecule has 2 aromatic rings. The number of nitrogens with zero attached hydrogens (tertiary/aromatic N) is 4. The molecule has 8 nitrogen and oxygen atoms in total. The Morgan fingerprint density at radius 3 is 2.43 bits per heavy atom. The minimum absolute atomic E-state index is 0.0387. The molecule has 9 heteroatoms. The van der Waals surface area contributed by atoms with E-state index in [1.807, 2.05) is 0 Å². The van der Waals surface area contributed by atoms with E-state index in [0.717, 1.165) is 32.4 Å². The van der Waals surface area contributed by atoms with Crippen molar-refractivity contribution in [3.63, 3.8) is 0 Å². The van der Waals surface area contributed by atoms with Gasteiger partial charge in [-0.05, 0) is 58.1 Å². The van der Waals surface area contributed by atoms with Crippen LogP contribution in [0.25, 0.3) is 0 Å². The lowest BCUT2D eigenvalue weighted by atomic mass is 10.1. The van der Waals surface area contributed by atoms with E-state index in [0.29, 0.717) is 29.6 Å². The summed E-state index contributed by atoms with van der Waals surface area (Å²) in [5.74, 6) is 1.57. The minimum atomic E-state index is 0.0387. The van der Waals surface area contributed by atoms with Crippen molar-refractivity contribution in [1.29, 1.82) is 0 Å². The van der Waals surface area contributed by atoms with Crippen LogP contribution in [0.4, 0.5) is 23.5 Å². The SMILES string of the molecule is CN(C)CCCNc1nc(Nc2ccc(O)c(Cl)c2)nc(NC2CCCCCC2)n1. The molecule has 0 unspecified atom stereocenters. The van der Waals surface area contributed by atoms with E-state index in [9.17, 15) is 5.11 Å². The summed E-state index contributed by atoms with van der Waals surface area (Å²) in [7, 11) is 4.12. The third-order valence-electron chi connectivity index (χ3n) is 5.09. The highest BCUT2D eigenvalue weighted by molar-refractivity contribution is 6.32. The average Bonchev–Trinajstić information content (AvgIpc) is 2.96. The first kappa shape index (κ1) is 22.4. The normalized spacial score (nSPS) is 15.1. The highest BCUT2D eigenvalue weighted by Gasteiger charge is 2.15. The minimum Gasteiger partial charge on any atom is -0.506 e. The lowest BCUT2D eigenvalue weighted by Gasteiger charge is -2.17. The number of hydrogen-bond donors (Lipinski definition) is 4. The van der Waals surface area contributed by atoms with E-state index in [4.69, 9.17) is 11.6 Å². The lowest BCUT2D eigenvalue weighted by Crippen LogP contribution is -2.21. The molecule has 1 fully saturated rings. The number of benzene rings is 1. The number of aromatic hydroxyl groups is 1. The van der Waals surface area contributed by atoms with Crippen LogP contribution < -0.4 is 16.0 Å². The molecule has 3 rings (SSSR count). The van der Waals surface area contributed by atoms with E-state index in [2.05, 4.69) is 49.9 Å². The smallest absolute Gasteiger partial charge is 0.233 e. The van der Waals surface area contributed by atoms with Gasteiger partial charge in [0.25, 0.3) is 0 Å². The Kier molecular flexibility index (Phi) is 8.33. The zero-order valence-electron chi connectivity index (χ0n) is 17.8. The van der Waals surface area contributed by atoms with Crippen molar-refractivity contribution < 1.29 is 5.11 Å². The van der Waals surface area contributed by atoms with Gasteiger partial charge in [0, 0.05) is 18.3 Å². The number of nitrogens with one attached hydrogen (secondary N) is 3. The van der Waals surface area contributed by atoms with Crippen molar-refractivity contribution >= 4 is 35.1 Å². The van der Waals surface area contributed by atoms with Gasteiger partial charge in [-0.25, -0.2) is 0 Å². The molecule has 164 valence electrons. The molecule has 1 aliphatic carbocycles. The zero-order chi connectivity index (χ0) is 21.3. The van der Waals surface area contributed by atoms with Gasteiger partial charge < -0.3 is 26.0 Å². The van der Waals surface area contributed by atoms with Crippen LogP contribution in [-0.4, -0.2) is 58.2 Å². The molecular formula is C21H32ClN7O. The monoisotopic (exact) mass is 433 g/mol. The van der Waals surface area contributed by atoms with Gasteiger partial charge >= 0.3 is 0 Å². The second kappa shape index (κ2) is 11.2. The summed E-state index contributed by atoms with van der Waals surface area (Å²) < 4.78 is 0. The van der Waals surface area contributed by atoms with Gasteiger partial charge in [0.1, 0.15) is 5.75 Å². The largest absolute Gasteiger partial charge is 0.506 e. The van der Waals surface area contributed by atoms with Gasteiger partial charge in [-0.3, -0.25) is 0 Å². The van der Waals surface area contributed by atoms with Crippen molar-refractivity contribution in [2.75, 3.05) is 43.1 Å². The van der Waals surface area contributed by atoms with E-state index >= 15 is 0 Å². The molecule has 0 radical (unpaired) electrons. The third-order valence-corrected chi connectivity index (χ3v) is 5.40. The summed E-state index contributed by atoms with van der Waals surface area (Å²) in [5, 5.41) is 19.9. The topological polar surface area (TPSA) is 98.2 Å². The molecule has 1 aromatic carbocycles. The number of aromatic nitrogens is 3. The van der Waals surface area contributed by atoms with Gasteiger partial charge in [-0.15, -0.1) is 0 Å². The Bertz CT molecular complexity index is 810. The maximum Gasteiger partial charge on any atom is 0.233 e. The predicted octanol–water partition coefficient (Wildman–Crippen LogP) is 4.47. The molecule has 1 aliphatic rings. The first-order valence-electron chi connectivity index (χ1n) is 10.7. The third kappa shape index (κ3) is 7.18. The van der Waals surface area contributed by atoms with Crippen LogP contribution in [0.5, 0.6) is 5.75 Å². The lowest BCUT2D eigenvalue weighted by molar-refractivity contribution is 0.405. The molecule has 0 amide bonds. The van der Waals surface area contributed by atoms with Crippen LogP contribution in [0.15, 0.2) is 18.2 Å². The second-order valence-corrected chi connectivity index (χ2v) is 8.42. The fourth-order valence-corrected chi connectivity index (χ4v) is 3.67. The van der Waals surface area contributed by atoms with E-state index < -0.39 is 0 Å². The predicted molar refractivity (Wildman–Crippen MR) is 123 cm³/mol. The summed E-state index contributed by atoms with van der Waals surface area (Å²) in [6.07, 6.45) is 8.30. The number of phenolic OH excluding ortho intramolecular Hbond substituents is 1. The Morgan fingerprint density at radius 2 is 1.73 bits per heavy atom. The fourth-order valence-electron chi connectivity index (χ4n) is 3.49. The second-order valence-electron chi connectivity index (χ2n) is 8.01. The molecule has 1 aromatic heterocycles. The number of rotatable bonds is 9. The molecular weight excluding hydrogens is 402 g/mol. The highest BCUT2D eigenvalue weighted by Crippen LogP contribution is 2.28. The summed E-state index contributed by atoms with van der Waals surface area (Å²) in [5.41, 5.74) is 0.697. The average molecular weight is 434 g/mol. The van der Waals surface area contributed by atoms with E-state index in [-0.39, 0.29) is 10.8 Å². The van der Waals surface area contributed by atoms with Crippen molar-refractivity contribution in [3.05, 3.63) is 23.2 Å². The van der Waals surface area contributed by atoms with Crippen molar-refractivity contribution in [1.82, 2.24) is 19.9 Å². The Balaban J connectivity index is 1.74. The summed E-state index contributed by atoms with van der Waals surface area (Å²) >= 11 is 6.03. The van der Waals surface area contributed by atoms with Gasteiger partial charge in [0.05, 0.1) is 5.02 Å². The summed E-state index contributed by atoms with van der Waals surface area (Å²) in [6, 6.07) is 5.29. The molecule has 1 saturated carbocycles. The maximum absolute atomic E-state index is 9.64. The quantitative estimate of drug-likeness (QED) is 0.261. The van der Waals surface area contributed by atoms with Crippen LogP contribution in [0.3, 0.4) is 0 Å². The van der Waals surface area contributed by atoms with Gasteiger partial charge in [-0.2, -0.15) is 15.0 Å². The molecule has 0 aliphatic heterocycles. The van der Waals surface area contributed by atoms with Crippen LogP contribution >= 0.6 is 11.6 Å². The van der Waals surface area contributed by atoms with Crippen LogP contribution in [0, 0.1) is 0 Å². The first-order valence-corrected chi connectivity index (χ1v) is 11.0. The molecule has 1 heterocycles.